The second-order valence-corrected chi connectivity index (χ2v) is 10.2. The maximum absolute atomic E-state index is 13.0. The Bertz CT molecular complexity index is 1190. The van der Waals surface area contributed by atoms with Gasteiger partial charge in [0, 0.05) is 17.9 Å². The molecule has 0 spiro atoms. The van der Waals surface area contributed by atoms with Crippen molar-refractivity contribution in [3.05, 3.63) is 70.9 Å². The highest BCUT2D eigenvalue weighted by atomic mass is 32.2. The predicted molar refractivity (Wildman–Crippen MR) is 133 cm³/mol. The number of esters is 1. The van der Waals surface area contributed by atoms with Gasteiger partial charge in [0.05, 0.1) is 22.6 Å². The summed E-state index contributed by atoms with van der Waals surface area (Å²) in [6.07, 6.45) is -0.282. The minimum absolute atomic E-state index is 0.172. The minimum atomic E-state index is -3.77. The van der Waals surface area contributed by atoms with Gasteiger partial charge in [-0.1, -0.05) is 29.8 Å². The molecule has 0 bridgehead atoms. The highest BCUT2D eigenvalue weighted by molar-refractivity contribution is 7.92. The van der Waals surface area contributed by atoms with Crippen LogP contribution in [-0.4, -0.2) is 37.0 Å². The zero-order valence-corrected chi connectivity index (χ0v) is 21.0. The summed E-state index contributed by atoms with van der Waals surface area (Å²) in [7, 11) is -3.77. The summed E-state index contributed by atoms with van der Waals surface area (Å²) in [5.41, 5.74) is 3.19. The lowest BCUT2D eigenvalue weighted by atomic mass is 9.94. The molecule has 33 heavy (non-hydrogen) atoms. The first kappa shape index (κ1) is 24.7. The Balaban J connectivity index is 1.98. The number of rotatable bonds is 7. The van der Waals surface area contributed by atoms with E-state index in [0.717, 1.165) is 5.56 Å². The van der Waals surface area contributed by atoms with E-state index in [9.17, 15) is 13.2 Å². The molecule has 0 radical (unpaired) electrons. The van der Waals surface area contributed by atoms with Crippen LogP contribution in [0.2, 0.25) is 0 Å². The first-order valence-corrected chi connectivity index (χ1v) is 12.6. The van der Waals surface area contributed by atoms with E-state index in [1.54, 1.807) is 56.3 Å². The number of hydrogen-bond acceptors (Lipinski definition) is 5. The molecule has 1 heterocycles. The van der Waals surface area contributed by atoms with Gasteiger partial charge in [-0.25, -0.2) is 13.2 Å². The molecule has 176 valence electrons. The van der Waals surface area contributed by atoms with E-state index < -0.39 is 22.0 Å². The van der Waals surface area contributed by atoms with Gasteiger partial charge in [0.15, 0.2) is 5.11 Å². The number of carbonyl (C=O) groups excluding carboxylic acids is 1. The fourth-order valence-electron chi connectivity index (χ4n) is 3.67. The smallest absolute Gasteiger partial charge is 0.338 e. The number of sulfonamides is 1. The summed E-state index contributed by atoms with van der Waals surface area (Å²) < 4.78 is 33.8. The molecule has 1 unspecified atom stereocenters. The van der Waals surface area contributed by atoms with Crippen LogP contribution in [0.3, 0.4) is 0 Å². The topological polar surface area (TPSA) is 87.7 Å². The van der Waals surface area contributed by atoms with Crippen molar-refractivity contribution >= 4 is 39.0 Å². The van der Waals surface area contributed by atoms with Crippen molar-refractivity contribution in [2.75, 3.05) is 11.3 Å². The molecule has 9 heteroatoms. The van der Waals surface area contributed by atoms with Crippen molar-refractivity contribution in [3.8, 4) is 0 Å². The first-order chi connectivity index (χ1) is 15.5. The molecule has 2 N–H and O–H groups in total. The molecule has 3 rings (SSSR count). The largest absolute Gasteiger partial charge is 0.459 e. The monoisotopic (exact) mass is 487 g/mol. The van der Waals surface area contributed by atoms with Crippen LogP contribution in [0.5, 0.6) is 0 Å². The summed E-state index contributed by atoms with van der Waals surface area (Å²) in [4.78, 5) is 15.0. The number of anilines is 1. The van der Waals surface area contributed by atoms with Gasteiger partial charge in [-0.15, -0.1) is 0 Å². The van der Waals surface area contributed by atoms with Crippen LogP contribution in [0.4, 0.5) is 5.69 Å². The molecular formula is C24H29N3O4S2. The van der Waals surface area contributed by atoms with Gasteiger partial charge in [0.1, 0.15) is 0 Å². The molecule has 0 fully saturated rings. The first-order valence-electron chi connectivity index (χ1n) is 10.7. The molecule has 1 aliphatic rings. The number of thiocarbonyl (C=S) groups is 1. The summed E-state index contributed by atoms with van der Waals surface area (Å²) in [5.74, 6) is -0.438. The summed E-state index contributed by atoms with van der Waals surface area (Å²) in [5, 5.41) is 3.71. The van der Waals surface area contributed by atoms with Crippen molar-refractivity contribution in [2.24, 2.45) is 0 Å². The summed E-state index contributed by atoms with van der Waals surface area (Å²) in [6, 6.07) is 13.0. The van der Waals surface area contributed by atoms with Gasteiger partial charge >= 0.3 is 5.97 Å². The van der Waals surface area contributed by atoms with Gasteiger partial charge < -0.3 is 15.0 Å². The van der Waals surface area contributed by atoms with Crippen LogP contribution < -0.4 is 10.0 Å². The van der Waals surface area contributed by atoms with Gasteiger partial charge in [0.25, 0.3) is 10.0 Å². The van der Waals surface area contributed by atoms with E-state index in [1.165, 1.54) is 0 Å². The van der Waals surface area contributed by atoms with Gasteiger partial charge in [0.2, 0.25) is 0 Å². The molecule has 0 aromatic heterocycles. The fraction of sp³-hybridized carbons (Fsp3) is 0.333. The van der Waals surface area contributed by atoms with E-state index in [1.807, 2.05) is 31.7 Å². The zero-order valence-electron chi connectivity index (χ0n) is 19.4. The van der Waals surface area contributed by atoms with Crippen LogP contribution in [0, 0.1) is 6.92 Å². The molecule has 0 saturated carbocycles. The fourth-order valence-corrected chi connectivity index (χ4v) is 5.10. The number of benzene rings is 2. The third kappa shape index (κ3) is 5.54. The van der Waals surface area contributed by atoms with E-state index in [0.29, 0.717) is 34.2 Å². The SMILES string of the molecule is CCN1C(=S)NC(c2cccc(NS(=O)(=O)c3ccc(C)cc3)c2)C(C(=O)OC(C)C)=C1C. The Kier molecular flexibility index (Phi) is 7.44. The summed E-state index contributed by atoms with van der Waals surface area (Å²) >= 11 is 5.52. The minimum Gasteiger partial charge on any atom is -0.459 e. The third-order valence-electron chi connectivity index (χ3n) is 5.28. The zero-order chi connectivity index (χ0) is 24.3. The average molecular weight is 488 g/mol. The Hall–Kier alpha value is -2.91. The second kappa shape index (κ2) is 9.93. The van der Waals surface area contributed by atoms with E-state index in [2.05, 4.69) is 10.0 Å². The maximum Gasteiger partial charge on any atom is 0.338 e. The number of carbonyl (C=O) groups is 1. The van der Waals surface area contributed by atoms with Crippen molar-refractivity contribution in [1.29, 1.82) is 0 Å². The maximum atomic E-state index is 13.0. The van der Waals surface area contributed by atoms with Crippen molar-refractivity contribution in [3.63, 3.8) is 0 Å². The van der Waals surface area contributed by atoms with Crippen LogP contribution in [0.25, 0.3) is 0 Å². The Morgan fingerprint density at radius 1 is 1.18 bits per heavy atom. The Labute approximate surface area is 200 Å². The van der Waals surface area contributed by atoms with E-state index >= 15 is 0 Å². The molecule has 7 nitrogen and oxygen atoms in total. The van der Waals surface area contributed by atoms with Gasteiger partial charge in [-0.3, -0.25) is 4.72 Å². The van der Waals surface area contributed by atoms with E-state index in [-0.39, 0.29) is 11.0 Å². The standard InChI is InChI=1S/C24H29N3O4S2/c1-6-27-17(5)21(23(28)31-15(2)3)22(25-24(27)32)18-8-7-9-19(14-18)26-33(29,30)20-12-10-16(4)11-13-20/h7-15,22,26H,6H2,1-5H3,(H,25,32). The van der Waals surface area contributed by atoms with Crippen molar-refractivity contribution in [2.45, 2.75) is 51.7 Å². The van der Waals surface area contributed by atoms with Gasteiger partial charge in [-0.2, -0.15) is 0 Å². The predicted octanol–water partition coefficient (Wildman–Crippen LogP) is 4.27. The van der Waals surface area contributed by atoms with Crippen molar-refractivity contribution in [1.82, 2.24) is 10.2 Å². The normalized spacial score (nSPS) is 16.6. The number of nitrogens with zero attached hydrogens (tertiary/aromatic N) is 1. The Morgan fingerprint density at radius 2 is 1.85 bits per heavy atom. The Morgan fingerprint density at radius 3 is 2.45 bits per heavy atom. The van der Waals surface area contributed by atoms with Crippen LogP contribution in [0.15, 0.2) is 64.7 Å². The number of allylic oxidation sites excluding steroid dienone is 1. The molecule has 0 aliphatic carbocycles. The third-order valence-corrected chi connectivity index (χ3v) is 7.01. The summed E-state index contributed by atoms with van der Waals surface area (Å²) in [6.45, 7) is 9.86. The van der Waals surface area contributed by atoms with Gasteiger partial charge in [-0.05, 0) is 76.7 Å². The molecule has 0 amide bonds. The van der Waals surface area contributed by atoms with Crippen LogP contribution >= 0.6 is 12.2 Å². The van der Waals surface area contributed by atoms with Crippen LogP contribution in [0.1, 0.15) is 44.9 Å². The lowest BCUT2D eigenvalue weighted by molar-refractivity contribution is -0.143. The lowest BCUT2D eigenvalue weighted by Gasteiger charge is -2.37. The quantitative estimate of drug-likeness (QED) is 0.445. The second-order valence-electron chi connectivity index (χ2n) is 8.12. The average Bonchev–Trinajstić information content (AvgIpc) is 2.73. The van der Waals surface area contributed by atoms with E-state index in [4.69, 9.17) is 17.0 Å². The molecule has 0 saturated heterocycles. The molecule has 2 aromatic carbocycles. The number of aryl methyl sites for hydroxylation is 1. The van der Waals surface area contributed by atoms with Crippen LogP contribution in [-0.2, 0) is 19.6 Å². The van der Waals surface area contributed by atoms with Crippen molar-refractivity contribution < 1.29 is 17.9 Å². The highest BCUT2D eigenvalue weighted by Gasteiger charge is 2.34. The molecule has 1 atom stereocenters. The number of hydrogen-bond donors (Lipinski definition) is 2. The molecular weight excluding hydrogens is 458 g/mol. The molecule has 1 aliphatic heterocycles. The number of ether oxygens (including phenoxy) is 1. The lowest BCUT2D eigenvalue weighted by Crippen LogP contribution is -2.47. The highest BCUT2D eigenvalue weighted by Crippen LogP contribution is 2.33. The number of nitrogens with one attached hydrogen (secondary N) is 2. The molecule has 2 aromatic rings.